The van der Waals surface area contributed by atoms with Gasteiger partial charge in [-0.25, -0.2) is 0 Å². The molecule has 0 spiro atoms. The zero-order valence-corrected chi connectivity index (χ0v) is 46.4. The van der Waals surface area contributed by atoms with Gasteiger partial charge < -0.3 is 44.5 Å². The Balaban J connectivity index is 0.987. The Bertz CT molecular complexity index is 2750. The van der Waals surface area contributed by atoms with Gasteiger partial charge in [-0.05, 0) is 79.1 Å². The molecule has 7 amide bonds. The first-order valence-electron chi connectivity index (χ1n) is 26.7. The van der Waals surface area contributed by atoms with E-state index in [4.69, 9.17) is 28.7 Å². The number of hydrogen-bond donors (Lipinski definition) is 5. The highest BCUT2D eigenvalue weighted by molar-refractivity contribution is 6.06. The van der Waals surface area contributed by atoms with Gasteiger partial charge in [-0.15, -0.1) is 0 Å². The molecule has 3 aliphatic heterocycles. The van der Waals surface area contributed by atoms with Gasteiger partial charge in [0.25, 0.3) is 17.7 Å². The summed E-state index contributed by atoms with van der Waals surface area (Å²) in [4.78, 5) is 100. The molecule has 0 aromatic heterocycles. The molecule has 2 unspecified atom stereocenters. The van der Waals surface area contributed by atoms with Crippen LogP contribution < -0.4 is 50.5 Å². The third-order valence-electron chi connectivity index (χ3n) is 14.7. The van der Waals surface area contributed by atoms with Crippen LogP contribution in [0.5, 0.6) is 28.7 Å². The van der Waals surface area contributed by atoms with Crippen LogP contribution in [0.4, 0.5) is 11.4 Å². The van der Waals surface area contributed by atoms with Gasteiger partial charge in [0, 0.05) is 62.7 Å². The summed E-state index contributed by atoms with van der Waals surface area (Å²) in [5, 5.41) is 7.97. The van der Waals surface area contributed by atoms with Crippen LogP contribution >= 0.6 is 0 Å². The molecule has 0 saturated carbocycles. The Labute approximate surface area is 457 Å². The SMILES string of the molecule is C=CNC(=O)c1cc(OC)c(OCCCOc2cc3c(cc2OC)C(=O)N2C=C(c4ccc(OC)cc4)CC2C=N3)cc1NNC(=O)[C@H](C)NC(=O)[C@@H](NC(=O)CCCCCN1C(=O)CC(CC(C)(CC)CC)C1=O)C(C)C. The number of hydrazine groups is 1. The lowest BCUT2D eigenvalue weighted by Gasteiger charge is -2.29. The number of fused-ring (bicyclic) bond motifs is 2. The van der Waals surface area contributed by atoms with E-state index in [0.29, 0.717) is 67.8 Å². The maximum Gasteiger partial charge on any atom is 0.260 e. The van der Waals surface area contributed by atoms with Crippen molar-refractivity contribution in [3.8, 4) is 28.7 Å². The average Bonchev–Trinajstić information content (AvgIpc) is 3.97. The molecule has 0 radical (unpaired) electrons. The van der Waals surface area contributed by atoms with Crippen LogP contribution in [0, 0.1) is 17.3 Å². The molecule has 78 heavy (non-hydrogen) atoms. The van der Waals surface area contributed by atoms with E-state index in [0.717, 1.165) is 29.7 Å². The third kappa shape index (κ3) is 14.8. The summed E-state index contributed by atoms with van der Waals surface area (Å²) in [5.74, 6) is -1.28. The van der Waals surface area contributed by atoms with E-state index in [2.05, 4.69) is 54.2 Å². The van der Waals surface area contributed by atoms with Crippen LogP contribution in [-0.4, -0.2) is 117 Å². The van der Waals surface area contributed by atoms with E-state index in [9.17, 15) is 33.6 Å². The summed E-state index contributed by atoms with van der Waals surface area (Å²) in [6, 6.07) is 11.6. The Hall–Kier alpha value is -7.90. The molecule has 420 valence electrons. The van der Waals surface area contributed by atoms with Crippen molar-refractivity contribution in [2.75, 3.05) is 46.5 Å². The predicted molar refractivity (Wildman–Crippen MR) is 296 cm³/mol. The number of hydrogen-bond acceptors (Lipinski definition) is 14. The number of nitrogens with one attached hydrogen (secondary N) is 5. The average molecular weight is 1080 g/mol. The van der Waals surface area contributed by atoms with E-state index in [1.807, 2.05) is 30.5 Å². The van der Waals surface area contributed by atoms with Gasteiger partial charge in [-0.3, -0.25) is 54.3 Å². The van der Waals surface area contributed by atoms with Crippen LogP contribution in [0.1, 0.15) is 132 Å². The van der Waals surface area contributed by atoms with Crippen molar-refractivity contribution in [2.45, 2.75) is 124 Å². The minimum absolute atomic E-state index is 0.0167. The van der Waals surface area contributed by atoms with E-state index < -0.39 is 29.8 Å². The summed E-state index contributed by atoms with van der Waals surface area (Å²) in [5.41, 5.74) is 8.35. The number of amides is 7. The molecule has 3 aromatic carbocycles. The van der Waals surface area contributed by atoms with Gasteiger partial charge >= 0.3 is 0 Å². The van der Waals surface area contributed by atoms with Gasteiger partial charge in [0.05, 0.1) is 63.1 Å². The zero-order chi connectivity index (χ0) is 56.7. The monoisotopic (exact) mass is 1080 g/mol. The molecule has 3 aliphatic rings. The molecule has 0 bridgehead atoms. The standard InChI is InChI=1S/C58H76N8O12/c1-11-58(7,12-2)32-38-27-51(68)65(56(38)72)23-16-14-15-18-50(67)62-52(35(4)5)55(71)61-36(6)53(69)64-63-45-31-49(46(75-9)28-42(45)54(70)59-13-3)78-25-17-24-77-48-30-44-43(29-47(48)76-10)57(73)66-34-39(26-40(66)33-60-44)37-19-21-41(74-8)22-20-37/h13,19-22,28-31,33-36,38,40,52,63H,3,11-12,14-18,23-27,32H2,1-2,4-10H3,(H,59,70)(H,61,71)(H,62,67)(H,64,69)/t36-,38?,40?,52-/m0/s1. The lowest BCUT2D eigenvalue weighted by Crippen LogP contribution is -2.55. The molecular formula is C58H76N8O12. The quantitative estimate of drug-likeness (QED) is 0.0255. The lowest BCUT2D eigenvalue weighted by atomic mass is 9.76. The predicted octanol–water partition coefficient (Wildman–Crippen LogP) is 7.65. The van der Waals surface area contributed by atoms with Crippen molar-refractivity contribution in [1.82, 2.24) is 31.2 Å². The van der Waals surface area contributed by atoms with Crippen LogP contribution in [0.3, 0.4) is 0 Å². The number of aliphatic imine (C=N–C) groups is 1. The van der Waals surface area contributed by atoms with Crippen LogP contribution in [0.25, 0.3) is 5.57 Å². The number of ether oxygens (including phenoxy) is 5. The number of rotatable bonds is 29. The molecule has 20 heteroatoms. The maximum atomic E-state index is 13.9. The number of likely N-dealkylation sites (tertiary alicyclic amines) is 1. The summed E-state index contributed by atoms with van der Waals surface area (Å²) in [6.45, 7) is 15.6. The van der Waals surface area contributed by atoms with Crippen molar-refractivity contribution in [3.05, 3.63) is 84.2 Å². The molecule has 1 saturated heterocycles. The van der Waals surface area contributed by atoms with Crippen molar-refractivity contribution < 1.29 is 57.2 Å². The number of carbonyl (C=O) groups is 7. The Morgan fingerprint density at radius 2 is 1.50 bits per heavy atom. The molecule has 4 atom stereocenters. The number of carbonyl (C=O) groups excluding carboxylic acids is 7. The summed E-state index contributed by atoms with van der Waals surface area (Å²) in [6.07, 6.45) is 10.4. The van der Waals surface area contributed by atoms with Crippen LogP contribution in [-0.2, 0) is 24.0 Å². The first kappa shape index (κ1) is 59.3. The van der Waals surface area contributed by atoms with E-state index in [-0.39, 0.29) is 95.7 Å². The lowest BCUT2D eigenvalue weighted by molar-refractivity contribution is -0.140. The van der Waals surface area contributed by atoms with Gasteiger partial charge in [0.2, 0.25) is 23.6 Å². The number of unbranched alkanes of at least 4 members (excludes halogenated alkanes) is 2. The Morgan fingerprint density at radius 3 is 2.14 bits per heavy atom. The fourth-order valence-corrected chi connectivity index (χ4v) is 9.49. The molecule has 6 rings (SSSR count). The molecular weight excluding hydrogens is 1000 g/mol. The highest BCUT2D eigenvalue weighted by Crippen LogP contribution is 2.41. The zero-order valence-electron chi connectivity index (χ0n) is 46.4. The van der Waals surface area contributed by atoms with E-state index in [1.54, 1.807) is 44.2 Å². The van der Waals surface area contributed by atoms with Crippen molar-refractivity contribution >= 4 is 64.5 Å². The van der Waals surface area contributed by atoms with Gasteiger partial charge in [-0.2, -0.15) is 0 Å². The maximum absolute atomic E-state index is 13.9. The highest BCUT2D eigenvalue weighted by Gasteiger charge is 2.41. The molecule has 3 aromatic rings. The summed E-state index contributed by atoms with van der Waals surface area (Å²) in [7, 11) is 4.52. The number of benzene rings is 3. The molecule has 3 heterocycles. The number of imide groups is 1. The topological polar surface area (TPSA) is 245 Å². The Morgan fingerprint density at radius 1 is 0.821 bits per heavy atom. The van der Waals surface area contributed by atoms with Crippen LogP contribution in [0.2, 0.25) is 0 Å². The van der Waals surface area contributed by atoms with Crippen molar-refractivity contribution in [2.24, 2.45) is 22.2 Å². The summed E-state index contributed by atoms with van der Waals surface area (Å²) < 4.78 is 28.7. The second kappa shape index (κ2) is 27.4. The minimum atomic E-state index is -1.09. The van der Waals surface area contributed by atoms with Gasteiger partial charge in [0.1, 0.15) is 17.8 Å². The van der Waals surface area contributed by atoms with E-state index in [1.165, 1.54) is 44.4 Å². The van der Waals surface area contributed by atoms with Gasteiger partial charge in [-0.1, -0.05) is 72.6 Å². The third-order valence-corrected chi connectivity index (χ3v) is 14.7. The normalized spacial score (nSPS) is 16.5. The number of anilines is 1. The highest BCUT2D eigenvalue weighted by atomic mass is 16.5. The first-order chi connectivity index (χ1) is 37.4. The number of nitrogens with zero attached hydrogens (tertiary/aromatic N) is 3. The first-order valence-corrected chi connectivity index (χ1v) is 26.7. The summed E-state index contributed by atoms with van der Waals surface area (Å²) >= 11 is 0. The molecule has 1 fully saturated rings. The molecule has 5 N–H and O–H groups in total. The second-order valence-electron chi connectivity index (χ2n) is 20.4. The molecule has 0 aliphatic carbocycles. The second-order valence-corrected chi connectivity index (χ2v) is 20.4. The van der Waals surface area contributed by atoms with Crippen molar-refractivity contribution in [1.29, 1.82) is 0 Å². The Kier molecular flexibility index (Phi) is 20.9. The largest absolute Gasteiger partial charge is 0.497 e. The van der Waals surface area contributed by atoms with Gasteiger partial charge in [0.15, 0.2) is 23.0 Å². The molecule has 20 nitrogen and oxygen atoms in total. The number of methoxy groups -OCH3 is 3. The fourth-order valence-electron chi connectivity index (χ4n) is 9.49. The minimum Gasteiger partial charge on any atom is -0.497 e. The fraction of sp³-hybridized carbons (Fsp3) is 0.483. The van der Waals surface area contributed by atoms with Crippen molar-refractivity contribution in [3.63, 3.8) is 0 Å². The van der Waals surface area contributed by atoms with E-state index >= 15 is 0 Å². The van der Waals surface area contributed by atoms with Crippen LogP contribution in [0.15, 0.2) is 72.5 Å². The smallest absolute Gasteiger partial charge is 0.260 e.